The van der Waals surface area contributed by atoms with Crippen LogP contribution in [0.15, 0.2) is 18.0 Å². The third-order valence-corrected chi connectivity index (χ3v) is 1.52. The zero-order valence-corrected chi connectivity index (χ0v) is 6.58. The molecule has 0 nitrogen and oxygen atoms in total. The van der Waals surface area contributed by atoms with Gasteiger partial charge in [-0.15, -0.1) is 0 Å². The second kappa shape index (κ2) is 3.29. The van der Waals surface area contributed by atoms with Crippen molar-refractivity contribution in [1.82, 2.24) is 0 Å². The van der Waals surface area contributed by atoms with Crippen molar-refractivity contribution in [2.24, 2.45) is 0 Å². The van der Waals surface area contributed by atoms with E-state index < -0.39 is 23.5 Å². The van der Waals surface area contributed by atoms with Crippen molar-refractivity contribution in [3.05, 3.63) is 29.1 Å². The van der Waals surface area contributed by atoms with Crippen LogP contribution in [0.5, 0.6) is 0 Å². The van der Waals surface area contributed by atoms with E-state index in [1.807, 2.05) is 0 Å². The first-order valence-electron chi connectivity index (χ1n) is 3.46. The number of rotatable bonds is 0. The van der Waals surface area contributed by atoms with Gasteiger partial charge in [-0.3, -0.25) is 0 Å². The standard InChI is InChI=1S/C7H3BF6/c9-6(10,11)4-1-5(3-8-2-4)7(12,13)14/h1-3H. The second-order valence-corrected chi connectivity index (χ2v) is 2.58. The number of alkyl halides is 6. The van der Waals surface area contributed by atoms with Crippen LogP contribution in [0, 0.1) is 0 Å². The van der Waals surface area contributed by atoms with E-state index in [0.29, 0.717) is 11.9 Å². The SMILES string of the molecule is FC(F)(F)c1cbcc(C(F)(F)F)c1. The fourth-order valence-electron chi connectivity index (χ4n) is 0.872. The van der Waals surface area contributed by atoms with Crippen molar-refractivity contribution in [2.75, 3.05) is 0 Å². The van der Waals surface area contributed by atoms with Crippen molar-refractivity contribution in [1.29, 1.82) is 0 Å². The summed E-state index contributed by atoms with van der Waals surface area (Å²) in [7, 11) is 0. The maximum atomic E-state index is 12.0. The molecule has 0 amide bonds. The first kappa shape index (κ1) is 11.1. The quantitative estimate of drug-likeness (QED) is 0.579. The van der Waals surface area contributed by atoms with Gasteiger partial charge >= 0.3 is 74.7 Å². The summed E-state index contributed by atoms with van der Waals surface area (Å²) in [6, 6.07) is 0.0833. The Labute approximate surface area is 75.8 Å². The van der Waals surface area contributed by atoms with E-state index in [1.54, 1.807) is 0 Å². The molecule has 0 radical (unpaired) electrons. The summed E-state index contributed by atoms with van der Waals surface area (Å²) in [6.07, 6.45) is -9.50. The van der Waals surface area contributed by atoms with E-state index >= 15 is 0 Å². The van der Waals surface area contributed by atoms with Gasteiger partial charge in [-0.1, -0.05) is 0 Å². The molecule has 0 N–H and O–H groups in total. The van der Waals surface area contributed by atoms with Crippen molar-refractivity contribution in [3.8, 4) is 0 Å². The number of hydrogen-bond acceptors (Lipinski definition) is 0. The van der Waals surface area contributed by atoms with Crippen LogP contribution in [0.4, 0.5) is 26.3 Å². The van der Waals surface area contributed by atoms with Gasteiger partial charge in [0.2, 0.25) is 0 Å². The molecule has 0 bridgehead atoms. The van der Waals surface area contributed by atoms with Gasteiger partial charge in [-0.2, -0.15) is 0 Å². The van der Waals surface area contributed by atoms with Gasteiger partial charge in [-0.05, 0) is 0 Å². The minimum absolute atomic E-state index is 0.0833. The Balaban J connectivity index is 3.15. The molecular formula is C7H3BF6. The van der Waals surface area contributed by atoms with E-state index in [4.69, 9.17) is 0 Å². The van der Waals surface area contributed by atoms with E-state index in [-0.39, 0.29) is 6.07 Å². The van der Waals surface area contributed by atoms with Gasteiger partial charge in [0, 0.05) is 0 Å². The Bertz CT molecular complexity index is 296. The normalized spacial score (nSPS) is 12.7. The predicted molar refractivity (Wildman–Crippen MR) is 37.8 cm³/mol. The van der Waals surface area contributed by atoms with E-state index in [2.05, 4.69) is 0 Å². The van der Waals surface area contributed by atoms with Gasteiger partial charge in [0.25, 0.3) is 0 Å². The van der Waals surface area contributed by atoms with Gasteiger partial charge in [0.15, 0.2) is 0 Å². The molecule has 1 aromatic rings. The fraction of sp³-hybridized carbons (Fsp3) is 0.286. The Morgan fingerprint density at radius 3 is 1.43 bits per heavy atom. The van der Waals surface area contributed by atoms with Crippen LogP contribution in [0.2, 0.25) is 0 Å². The molecule has 0 aromatic carbocycles. The van der Waals surface area contributed by atoms with Crippen molar-refractivity contribution in [2.45, 2.75) is 12.4 Å². The van der Waals surface area contributed by atoms with Crippen LogP contribution >= 0.6 is 0 Å². The Kier molecular flexibility index (Phi) is 2.60. The molecule has 0 aliphatic rings. The molecule has 0 spiro atoms. The number of hydrogen-bond donors (Lipinski definition) is 0. The zero-order chi connectivity index (χ0) is 11.0. The second-order valence-electron chi connectivity index (χ2n) is 2.58. The van der Waals surface area contributed by atoms with Crippen LogP contribution < -0.4 is 0 Å². The van der Waals surface area contributed by atoms with Crippen molar-refractivity contribution in [3.63, 3.8) is 0 Å². The van der Waals surface area contributed by atoms with Crippen LogP contribution in [0.1, 0.15) is 11.1 Å². The minimum atomic E-state index is -4.75. The average molecular weight is 212 g/mol. The van der Waals surface area contributed by atoms with Gasteiger partial charge in [0.05, 0.1) is 0 Å². The van der Waals surface area contributed by atoms with Gasteiger partial charge < -0.3 is 0 Å². The molecule has 0 aliphatic carbocycles. The molecule has 7 heteroatoms. The summed E-state index contributed by atoms with van der Waals surface area (Å²) >= 11 is 0. The van der Waals surface area contributed by atoms with Crippen molar-refractivity contribution >= 4 is 6.91 Å². The maximum absolute atomic E-state index is 12.0. The average Bonchev–Trinajstić information content (AvgIpc) is 2.01. The monoisotopic (exact) mass is 212 g/mol. The Morgan fingerprint density at radius 2 is 1.14 bits per heavy atom. The van der Waals surface area contributed by atoms with Crippen LogP contribution in [-0.2, 0) is 12.4 Å². The molecule has 0 aliphatic heterocycles. The zero-order valence-electron chi connectivity index (χ0n) is 6.58. The van der Waals surface area contributed by atoms with E-state index in [9.17, 15) is 26.3 Å². The molecule has 0 saturated heterocycles. The Morgan fingerprint density at radius 1 is 0.786 bits per heavy atom. The summed E-state index contributed by atoms with van der Waals surface area (Å²) < 4.78 is 71.9. The molecule has 1 aromatic heterocycles. The molecule has 76 valence electrons. The van der Waals surface area contributed by atoms with Crippen molar-refractivity contribution < 1.29 is 26.3 Å². The molecule has 14 heavy (non-hydrogen) atoms. The third-order valence-electron chi connectivity index (χ3n) is 1.52. The predicted octanol–water partition coefficient (Wildman–Crippen LogP) is 3.06. The van der Waals surface area contributed by atoms with Gasteiger partial charge in [0.1, 0.15) is 0 Å². The molecular weight excluding hydrogens is 209 g/mol. The molecule has 0 unspecified atom stereocenters. The van der Waals surface area contributed by atoms with Crippen LogP contribution in [-0.4, -0.2) is 6.91 Å². The van der Waals surface area contributed by atoms with Crippen LogP contribution in [0.25, 0.3) is 0 Å². The number of halogens is 6. The summed E-state index contributed by atoms with van der Waals surface area (Å²) in [4.78, 5) is 0. The van der Waals surface area contributed by atoms with E-state index in [1.165, 1.54) is 0 Å². The molecule has 1 heterocycles. The summed E-state index contributed by atoms with van der Waals surface area (Å²) in [6.45, 7) is 0.728. The molecule has 0 saturated carbocycles. The summed E-state index contributed by atoms with van der Waals surface area (Å²) in [5, 5.41) is 0. The molecule has 0 atom stereocenters. The molecule has 0 fully saturated rings. The van der Waals surface area contributed by atoms with Gasteiger partial charge in [-0.25, -0.2) is 0 Å². The summed E-state index contributed by atoms with van der Waals surface area (Å²) in [5.41, 5.74) is -2.60. The first-order valence-corrected chi connectivity index (χ1v) is 3.46. The molecule has 1 rings (SSSR count). The topological polar surface area (TPSA) is 0 Å². The third kappa shape index (κ3) is 2.49. The van der Waals surface area contributed by atoms with E-state index in [0.717, 1.165) is 6.91 Å². The Hall–Kier alpha value is -1.01. The summed E-state index contributed by atoms with van der Waals surface area (Å²) in [5.74, 6) is 1.18. The van der Waals surface area contributed by atoms with Crippen LogP contribution in [0.3, 0.4) is 0 Å². The first-order chi connectivity index (χ1) is 6.21. The fourth-order valence-corrected chi connectivity index (χ4v) is 0.872.